The number of nitrogens with one attached hydrogen (secondary N) is 1. The first-order valence-corrected chi connectivity index (χ1v) is 6.83. The second kappa shape index (κ2) is 7.45. The highest BCUT2D eigenvalue weighted by atomic mass is 35.5. The van der Waals surface area contributed by atoms with Crippen LogP contribution < -0.4 is 10.2 Å². The average Bonchev–Trinajstić information content (AvgIpc) is 2.48. The van der Waals surface area contributed by atoms with E-state index in [1.165, 1.54) is 0 Å². The molecule has 5 heteroatoms. The smallest absolute Gasteiger partial charge is 0.280 e. The van der Waals surface area contributed by atoms with Crippen molar-refractivity contribution >= 4 is 23.7 Å². The molecule has 0 spiro atoms. The van der Waals surface area contributed by atoms with Gasteiger partial charge in [0.1, 0.15) is 5.75 Å². The Bertz CT molecular complexity index is 629. The minimum Gasteiger partial charge on any atom is -0.481 e. The highest BCUT2D eigenvalue weighted by molar-refractivity contribution is 6.30. The fourth-order valence-corrected chi connectivity index (χ4v) is 1.78. The summed E-state index contributed by atoms with van der Waals surface area (Å²) in [6.45, 7) is 1.65. The van der Waals surface area contributed by atoms with Crippen molar-refractivity contribution in [3.63, 3.8) is 0 Å². The van der Waals surface area contributed by atoms with E-state index in [2.05, 4.69) is 10.5 Å². The zero-order chi connectivity index (χ0) is 15.1. The zero-order valence-electron chi connectivity index (χ0n) is 11.5. The second-order valence-electron chi connectivity index (χ2n) is 4.36. The third kappa shape index (κ3) is 4.93. The quantitative estimate of drug-likeness (QED) is 0.681. The molecule has 1 atom stereocenters. The van der Waals surface area contributed by atoms with Crippen molar-refractivity contribution in [3.8, 4) is 5.75 Å². The van der Waals surface area contributed by atoms with Crippen LogP contribution in [0.4, 0.5) is 0 Å². The van der Waals surface area contributed by atoms with Crippen LogP contribution in [-0.2, 0) is 4.79 Å². The lowest BCUT2D eigenvalue weighted by Gasteiger charge is -2.12. The van der Waals surface area contributed by atoms with E-state index in [9.17, 15) is 4.79 Å². The van der Waals surface area contributed by atoms with Crippen molar-refractivity contribution in [3.05, 3.63) is 65.2 Å². The molecule has 0 aliphatic rings. The minimum atomic E-state index is -0.670. The number of ether oxygens (including phenoxy) is 1. The van der Waals surface area contributed by atoms with Gasteiger partial charge in [0, 0.05) is 5.02 Å². The van der Waals surface area contributed by atoms with Gasteiger partial charge in [0.15, 0.2) is 6.10 Å². The Balaban J connectivity index is 1.87. The summed E-state index contributed by atoms with van der Waals surface area (Å²) in [5.41, 5.74) is 3.34. The molecule has 0 aliphatic carbocycles. The van der Waals surface area contributed by atoms with Crippen LogP contribution in [0.2, 0.25) is 5.02 Å². The summed E-state index contributed by atoms with van der Waals surface area (Å²) in [6.07, 6.45) is 0.903. The van der Waals surface area contributed by atoms with E-state index in [0.29, 0.717) is 10.8 Å². The first kappa shape index (κ1) is 15.1. The molecule has 0 saturated heterocycles. The van der Waals surface area contributed by atoms with E-state index in [4.69, 9.17) is 16.3 Å². The number of amides is 1. The Kier molecular flexibility index (Phi) is 5.35. The van der Waals surface area contributed by atoms with Crippen LogP contribution in [0.5, 0.6) is 5.75 Å². The fraction of sp³-hybridized carbons (Fsp3) is 0.125. The van der Waals surface area contributed by atoms with Crippen molar-refractivity contribution in [2.24, 2.45) is 5.10 Å². The zero-order valence-corrected chi connectivity index (χ0v) is 12.2. The third-order valence-corrected chi connectivity index (χ3v) is 2.90. The summed E-state index contributed by atoms with van der Waals surface area (Å²) in [7, 11) is 0. The molecule has 0 heterocycles. The van der Waals surface area contributed by atoms with Crippen LogP contribution >= 0.6 is 11.6 Å². The van der Waals surface area contributed by atoms with Crippen LogP contribution in [0, 0.1) is 0 Å². The molecule has 0 aromatic heterocycles. The van der Waals surface area contributed by atoms with Crippen LogP contribution in [-0.4, -0.2) is 18.2 Å². The van der Waals surface area contributed by atoms with Crippen molar-refractivity contribution < 1.29 is 9.53 Å². The van der Waals surface area contributed by atoms with Crippen LogP contribution in [0.3, 0.4) is 0 Å². The number of rotatable bonds is 5. The Morgan fingerprint density at radius 2 is 2.00 bits per heavy atom. The summed E-state index contributed by atoms with van der Waals surface area (Å²) in [6, 6.07) is 16.4. The maximum atomic E-state index is 11.8. The predicted molar refractivity (Wildman–Crippen MR) is 83.7 cm³/mol. The second-order valence-corrected chi connectivity index (χ2v) is 4.80. The lowest BCUT2D eigenvalue weighted by Crippen LogP contribution is -2.33. The number of carbonyl (C=O) groups excluding carboxylic acids is 1. The highest BCUT2D eigenvalue weighted by Crippen LogP contribution is 2.18. The first-order chi connectivity index (χ1) is 10.1. The fourth-order valence-electron chi connectivity index (χ4n) is 1.60. The molecule has 0 radical (unpaired) electrons. The van der Waals surface area contributed by atoms with Crippen molar-refractivity contribution in [2.45, 2.75) is 13.0 Å². The molecular weight excluding hydrogens is 288 g/mol. The van der Waals surface area contributed by atoms with Gasteiger partial charge in [-0.2, -0.15) is 5.10 Å². The van der Waals surface area contributed by atoms with Crippen molar-refractivity contribution in [1.29, 1.82) is 0 Å². The highest BCUT2D eigenvalue weighted by Gasteiger charge is 2.13. The lowest BCUT2D eigenvalue weighted by molar-refractivity contribution is -0.127. The number of carbonyl (C=O) groups is 1. The van der Waals surface area contributed by atoms with Crippen molar-refractivity contribution in [2.75, 3.05) is 0 Å². The predicted octanol–water partition coefficient (Wildman–Crippen LogP) is 3.26. The molecule has 0 saturated carbocycles. The Labute approximate surface area is 128 Å². The van der Waals surface area contributed by atoms with E-state index in [1.54, 1.807) is 37.4 Å². The van der Waals surface area contributed by atoms with Gasteiger partial charge in [0.05, 0.1) is 6.21 Å². The van der Waals surface area contributed by atoms with E-state index < -0.39 is 6.10 Å². The number of benzene rings is 2. The van der Waals surface area contributed by atoms with Gasteiger partial charge in [-0.25, -0.2) is 5.43 Å². The molecule has 0 aliphatic heterocycles. The van der Waals surface area contributed by atoms with Crippen molar-refractivity contribution in [1.82, 2.24) is 5.43 Å². The maximum Gasteiger partial charge on any atom is 0.280 e. The number of hydrogen-bond donors (Lipinski definition) is 1. The molecule has 1 N–H and O–H groups in total. The van der Waals surface area contributed by atoms with Crippen LogP contribution in [0.25, 0.3) is 0 Å². The Hall–Kier alpha value is -2.33. The normalized spacial score (nSPS) is 12.1. The number of halogens is 1. The Morgan fingerprint density at radius 3 is 2.71 bits per heavy atom. The Morgan fingerprint density at radius 1 is 1.24 bits per heavy atom. The number of hydrazone groups is 1. The molecule has 0 bridgehead atoms. The van der Waals surface area contributed by atoms with Gasteiger partial charge < -0.3 is 4.74 Å². The maximum absolute atomic E-state index is 11.8. The summed E-state index contributed by atoms with van der Waals surface area (Å²) >= 11 is 5.86. The van der Waals surface area contributed by atoms with Crippen LogP contribution in [0.1, 0.15) is 12.5 Å². The summed E-state index contributed by atoms with van der Waals surface area (Å²) < 4.78 is 5.49. The summed E-state index contributed by atoms with van der Waals surface area (Å²) in [5, 5.41) is 4.45. The largest absolute Gasteiger partial charge is 0.481 e. The lowest BCUT2D eigenvalue weighted by atomic mass is 10.2. The van der Waals surface area contributed by atoms with E-state index in [0.717, 1.165) is 5.56 Å². The van der Waals surface area contributed by atoms with E-state index in [-0.39, 0.29) is 5.91 Å². The molecule has 2 aromatic carbocycles. The summed E-state index contributed by atoms with van der Waals surface area (Å²) in [5.74, 6) is 0.208. The minimum absolute atomic E-state index is 0.331. The standard InChI is InChI=1S/C16H15ClN2O2/c1-12(21-15-9-5-8-14(17)10-15)16(20)19-18-11-13-6-3-2-4-7-13/h2-12H,1H3,(H,19,20)/b18-11-/t12-/m0/s1. The van der Waals surface area contributed by atoms with Gasteiger partial charge in [-0.1, -0.05) is 48.0 Å². The van der Waals surface area contributed by atoms with E-state index >= 15 is 0 Å². The molecule has 108 valence electrons. The molecule has 2 rings (SSSR count). The molecule has 4 nitrogen and oxygen atoms in total. The SMILES string of the molecule is C[C@H](Oc1cccc(Cl)c1)C(=O)N/N=C\c1ccccc1. The molecule has 1 amide bonds. The third-order valence-electron chi connectivity index (χ3n) is 2.67. The molecular formula is C16H15ClN2O2. The molecule has 21 heavy (non-hydrogen) atoms. The summed E-state index contributed by atoms with van der Waals surface area (Å²) in [4.78, 5) is 11.8. The monoisotopic (exact) mass is 302 g/mol. The van der Waals surface area contributed by atoms with Gasteiger partial charge in [-0.05, 0) is 30.7 Å². The average molecular weight is 303 g/mol. The van der Waals surface area contributed by atoms with Gasteiger partial charge in [0.25, 0.3) is 5.91 Å². The van der Waals surface area contributed by atoms with Gasteiger partial charge >= 0.3 is 0 Å². The van der Waals surface area contributed by atoms with Crippen LogP contribution in [0.15, 0.2) is 59.7 Å². The molecule has 2 aromatic rings. The molecule has 0 unspecified atom stereocenters. The van der Waals surface area contributed by atoms with Gasteiger partial charge in [-0.15, -0.1) is 0 Å². The number of hydrogen-bond acceptors (Lipinski definition) is 3. The first-order valence-electron chi connectivity index (χ1n) is 6.45. The van der Waals surface area contributed by atoms with Gasteiger partial charge in [0.2, 0.25) is 0 Å². The van der Waals surface area contributed by atoms with Gasteiger partial charge in [-0.3, -0.25) is 4.79 Å². The van der Waals surface area contributed by atoms with E-state index in [1.807, 2.05) is 30.3 Å². The topological polar surface area (TPSA) is 50.7 Å². The molecule has 0 fully saturated rings. The number of nitrogens with zero attached hydrogens (tertiary/aromatic N) is 1.